The number of pyridine rings is 1. The molecule has 0 radical (unpaired) electrons. The van der Waals surface area contributed by atoms with E-state index in [1.165, 1.54) is 6.92 Å². The molecule has 1 heterocycles. The first-order valence-corrected chi connectivity index (χ1v) is 9.57. The molecule has 0 fully saturated rings. The van der Waals surface area contributed by atoms with Gasteiger partial charge in [-0.3, -0.25) is 14.2 Å². The third-order valence-electron chi connectivity index (χ3n) is 4.94. The SMILES string of the molecule is COc1ccc(Cn2c(O)c(C(=O)COc3cccc(C)c3)c(C)c(C#N)c2=O)cc1. The molecule has 3 rings (SSSR count). The summed E-state index contributed by atoms with van der Waals surface area (Å²) >= 11 is 0. The largest absolute Gasteiger partial charge is 0.497 e. The lowest BCUT2D eigenvalue weighted by molar-refractivity contribution is 0.0916. The van der Waals surface area contributed by atoms with Gasteiger partial charge in [-0.2, -0.15) is 5.26 Å². The molecule has 0 bridgehead atoms. The molecule has 0 atom stereocenters. The average molecular weight is 418 g/mol. The molecule has 0 aliphatic rings. The van der Waals surface area contributed by atoms with Crippen LogP contribution in [0.2, 0.25) is 0 Å². The molecule has 158 valence electrons. The van der Waals surface area contributed by atoms with Gasteiger partial charge in [-0.1, -0.05) is 24.3 Å². The standard InChI is InChI=1S/C24H22N2O5/c1-15-5-4-6-19(11-15)31-14-21(27)22-16(2)20(12-25)23(28)26(24(22)29)13-17-7-9-18(30-3)10-8-17/h4-11,29H,13-14H2,1-3H3. The predicted molar refractivity (Wildman–Crippen MR) is 115 cm³/mol. The second-order valence-electron chi connectivity index (χ2n) is 7.08. The zero-order valence-electron chi connectivity index (χ0n) is 17.5. The van der Waals surface area contributed by atoms with Gasteiger partial charge in [-0.25, -0.2) is 0 Å². The number of ketones is 1. The molecule has 3 aromatic rings. The van der Waals surface area contributed by atoms with E-state index in [9.17, 15) is 20.0 Å². The number of benzene rings is 2. The van der Waals surface area contributed by atoms with Crippen LogP contribution < -0.4 is 15.0 Å². The molecule has 0 spiro atoms. The van der Waals surface area contributed by atoms with Crippen molar-refractivity contribution in [2.45, 2.75) is 20.4 Å². The first-order valence-electron chi connectivity index (χ1n) is 9.57. The van der Waals surface area contributed by atoms with Crippen LogP contribution >= 0.6 is 0 Å². The van der Waals surface area contributed by atoms with Crippen LogP contribution in [-0.4, -0.2) is 29.2 Å². The Balaban J connectivity index is 1.97. The van der Waals surface area contributed by atoms with Gasteiger partial charge in [0.2, 0.25) is 11.7 Å². The van der Waals surface area contributed by atoms with Crippen molar-refractivity contribution in [2.24, 2.45) is 0 Å². The van der Waals surface area contributed by atoms with Gasteiger partial charge in [-0.15, -0.1) is 0 Å². The van der Waals surface area contributed by atoms with Gasteiger partial charge in [-0.05, 0) is 54.8 Å². The first-order chi connectivity index (χ1) is 14.8. The Morgan fingerprint density at radius 3 is 2.45 bits per heavy atom. The number of carbonyl (C=O) groups excluding carboxylic acids is 1. The van der Waals surface area contributed by atoms with Gasteiger partial charge in [0.15, 0.2) is 6.61 Å². The fourth-order valence-electron chi connectivity index (χ4n) is 3.27. The van der Waals surface area contributed by atoms with E-state index in [2.05, 4.69) is 0 Å². The van der Waals surface area contributed by atoms with E-state index >= 15 is 0 Å². The van der Waals surface area contributed by atoms with E-state index in [0.29, 0.717) is 17.1 Å². The maximum atomic E-state index is 12.9. The summed E-state index contributed by atoms with van der Waals surface area (Å²) in [5.74, 6) is 0.135. The summed E-state index contributed by atoms with van der Waals surface area (Å²) in [6.45, 7) is 3.02. The summed E-state index contributed by atoms with van der Waals surface area (Å²) in [6.07, 6.45) is 0. The number of ether oxygens (including phenoxy) is 2. The third-order valence-corrected chi connectivity index (χ3v) is 4.94. The highest BCUT2D eigenvalue weighted by Crippen LogP contribution is 2.24. The van der Waals surface area contributed by atoms with Crippen LogP contribution in [0.1, 0.15) is 32.6 Å². The number of carbonyl (C=O) groups is 1. The normalized spacial score (nSPS) is 10.4. The van der Waals surface area contributed by atoms with Crippen molar-refractivity contribution in [2.75, 3.05) is 13.7 Å². The Bertz CT molecular complexity index is 1220. The summed E-state index contributed by atoms with van der Waals surface area (Å²) in [7, 11) is 1.54. The number of aryl methyl sites for hydroxylation is 1. The number of methoxy groups -OCH3 is 1. The van der Waals surface area contributed by atoms with E-state index < -0.39 is 17.2 Å². The van der Waals surface area contributed by atoms with E-state index in [0.717, 1.165) is 10.1 Å². The van der Waals surface area contributed by atoms with Gasteiger partial charge < -0.3 is 14.6 Å². The monoisotopic (exact) mass is 418 g/mol. The second-order valence-corrected chi connectivity index (χ2v) is 7.08. The fraction of sp³-hybridized carbons (Fsp3) is 0.208. The van der Waals surface area contributed by atoms with Crippen LogP contribution in [0.4, 0.5) is 0 Å². The van der Waals surface area contributed by atoms with Gasteiger partial charge in [0.05, 0.1) is 19.2 Å². The molecule has 31 heavy (non-hydrogen) atoms. The van der Waals surface area contributed by atoms with Crippen LogP contribution in [-0.2, 0) is 6.54 Å². The van der Waals surface area contributed by atoms with Crippen molar-refractivity contribution in [1.82, 2.24) is 4.57 Å². The Hall–Kier alpha value is -4.05. The quantitative estimate of drug-likeness (QED) is 0.591. The summed E-state index contributed by atoms with van der Waals surface area (Å²) in [4.78, 5) is 25.7. The number of rotatable bonds is 7. The number of nitrogens with zero attached hydrogens (tertiary/aromatic N) is 2. The van der Waals surface area contributed by atoms with Gasteiger partial charge in [0.25, 0.3) is 5.56 Å². The number of hydrogen-bond donors (Lipinski definition) is 1. The molecule has 7 nitrogen and oxygen atoms in total. The summed E-state index contributed by atoms with van der Waals surface area (Å²) in [5, 5.41) is 20.3. The summed E-state index contributed by atoms with van der Waals surface area (Å²) in [6, 6.07) is 16.0. The van der Waals surface area contributed by atoms with Crippen LogP contribution in [0.5, 0.6) is 17.4 Å². The molecule has 0 aliphatic heterocycles. The van der Waals surface area contributed by atoms with Gasteiger partial charge >= 0.3 is 0 Å². The third kappa shape index (κ3) is 4.59. The van der Waals surface area contributed by atoms with Crippen LogP contribution in [0.25, 0.3) is 0 Å². The predicted octanol–water partition coefficient (Wildman–Crippen LogP) is 3.36. The molecule has 7 heteroatoms. The van der Waals surface area contributed by atoms with Crippen molar-refractivity contribution in [1.29, 1.82) is 5.26 Å². The Morgan fingerprint density at radius 1 is 1.13 bits per heavy atom. The molecule has 0 unspecified atom stereocenters. The van der Waals surface area contributed by atoms with E-state index in [4.69, 9.17) is 9.47 Å². The molecule has 1 aromatic heterocycles. The summed E-state index contributed by atoms with van der Waals surface area (Å²) < 4.78 is 11.7. The first kappa shape index (κ1) is 21.7. The Labute approximate surface area is 179 Å². The zero-order valence-corrected chi connectivity index (χ0v) is 17.5. The zero-order chi connectivity index (χ0) is 22.5. The van der Waals surface area contributed by atoms with Gasteiger partial charge in [0, 0.05) is 0 Å². The highest BCUT2D eigenvalue weighted by molar-refractivity contribution is 6.01. The number of Topliss-reactive ketones (excluding diaryl/α,β-unsaturated/α-hetero) is 1. The Kier molecular flexibility index (Phi) is 6.41. The smallest absolute Gasteiger partial charge is 0.271 e. The average Bonchev–Trinajstić information content (AvgIpc) is 2.76. The van der Waals surface area contributed by atoms with Crippen molar-refractivity contribution >= 4 is 5.78 Å². The lowest BCUT2D eigenvalue weighted by Gasteiger charge is -2.16. The van der Waals surface area contributed by atoms with Crippen LogP contribution in [0.15, 0.2) is 53.3 Å². The maximum Gasteiger partial charge on any atom is 0.271 e. The van der Waals surface area contributed by atoms with Crippen LogP contribution in [0, 0.1) is 25.2 Å². The van der Waals surface area contributed by atoms with Crippen molar-refractivity contribution in [3.63, 3.8) is 0 Å². The molecule has 0 aliphatic carbocycles. The summed E-state index contributed by atoms with van der Waals surface area (Å²) in [5.41, 5.74) is 0.852. The molecule has 2 aromatic carbocycles. The highest BCUT2D eigenvalue weighted by atomic mass is 16.5. The molecule has 0 saturated carbocycles. The second kappa shape index (κ2) is 9.18. The number of hydrogen-bond acceptors (Lipinski definition) is 6. The molecular weight excluding hydrogens is 396 g/mol. The van der Waals surface area contributed by atoms with Crippen molar-refractivity contribution in [3.8, 4) is 23.4 Å². The van der Waals surface area contributed by atoms with E-state index in [1.807, 2.05) is 19.1 Å². The minimum absolute atomic E-state index is 0.0113. The van der Waals surface area contributed by atoms with Crippen LogP contribution in [0.3, 0.4) is 0 Å². The molecular formula is C24H22N2O5. The lowest BCUT2D eigenvalue weighted by Crippen LogP contribution is -2.28. The number of nitriles is 1. The number of aromatic nitrogens is 1. The number of aromatic hydroxyl groups is 1. The lowest BCUT2D eigenvalue weighted by atomic mass is 10.0. The topological polar surface area (TPSA) is 102 Å². The maximum absolute atomic E-state index is 12.9. The minimum atomic E-state index is -0.663. The van der Waals surface area contributed by atoms with Gasteiger partial charge in [0.1, 0.15) is 23.1 Å². The minimum Gasteiger partial charge on any atom is -0.497 e. The van der Waals surface area contributed by atoms with Crippen molar-refractivity contribution in [3.05, 3.63) is 86.7 Å². The molecule has 0 saturated heterocycles. The molecule has 1 N–H and O–H groups in total. The van der Waals surface area contributed by atoms with Crippen molar-refractivity contribution < 1.29 is 19.4 Å². The van der Waals surface area contributed by atoms with E-state index in [1.54, 1.807) is 49.6 Å². The molecule has 0 amide bonds. The fourth-order valence-corrected chi connectivity index (χ4v) is 3.27. The highest BCUT2D eigenvalue weighted by Gasteiger charge is 2.24. The van der Waals surface area contributed by atoms with E-state index in [-0.39, 0.29) is 29.8 Å². The Morgan fingerprint density at radius 2 is 1.84 bits per heavy atom.